The number of thiophene rings is 1. The van der Waals surface area contributed by atoms with E-state index in [0.717, 1.165) is 20.5 Å². The molecule has 0 aliphatic carbocycles. The van der Waals surface area contributed by atoms with Gasteiger partial charge in [0.1, 0.15) is 0 Å². The van der Waals surface area contributed by atoms with Gasteiger partial charge in [-0.25, -0.2) is 0 Å². The Hall–Kier alpha value is -0.930. The van der Waals surface area contributed by atoms with Crippen molar-refractivity contribution in [2.24, 2.45) is 0 Å². The molecule has 2 rings (SSSR count). The summed E-state index contributed by atoms with van der Waals surface area (Å²) in [5.41, 5.74) is 1.86. The zero-order valence-corrected chi connectivity index (χ0v) is 9.64. The lowest BCUT2D eigenvalue weighted by Gasteiger charge is -1.93. The number of carbonyl (C=O) groups is 1. The van der Waals surface area contributed by atoms with Crippen LogP contribution in [0.4, 0.5) is 0 Å². The summed E-state index contributed by atoms with van der Waals surface area (Å²) in [7, 11) is 0. The molecule has 0 bridgehead atoms. The second kappa shape index (κ2) is 4.07. The fourth-order valence-corrected chi connectivity index (χ4v) is 2.80. The van der Waals surface area contributed by atoms with Gasteiger partial charge in [-0.3, -0.25) is 4.79 Å². The second-order valence-corrected chi connectivity index (χ2v) is 5.19. The standard InChI is InChI=1S/C11H7BrOS/c12-11-9(7-13)6-10(14-11)8-4-2-1-3-5-8/h1-7H. The molecule has 0 aliphatic heterocycles. The minimum Gasteiger partial charge on any atom is -0.298 e. The lowest BCUT2D eigenvalue weighted by molar-refractivity contribution is 0.112. The summed E-state index contributed by atoms with van der Waals surface area (Å²) in [4.78, 5) is 11.8. The van der Waals surface area contributed by atoms with Crippen LogP contribution >= 0.6 is 27.3 Å². The molecule has 14 heavy (non-hydrogen) atoms. The third-order valence-electron chi connectivity index (χ3n) is 1.90. The van der Waals surface area contributed by atoms with Crippen LogP contribution in [0, 0.1) is 0 Å². The normalized spacial score (nSPS) is 10.1. The van der Waals surface area contributed by atoms with E-state index in [0.29, 0.717) is 5.56 Å². The average molecular weight is 267 g/mol. The number of carbonyl (C=O) groups excluding carboxylic acids is 1. The van der Waals surface area contributed by atoms with Crippen molar-refractivity contribution in [3.8, 4) is 10.4 Å². The molecular weight excluding hydrogens is 260 g/mol. The molecule has 0 aliphatic rings. The fourth-order valence-electron chi connectivity index (χ4n) is 1.21. The van der Waals surface area contributed by atoms with E-state index in [9.17, 15) is 4.79 Å². The molecule has 1 nitrogen and oxygen atoms in total. The number of hydrogen-bond acceptors (Lipinski definition) is 2. The molecule has 70 valence electrons. The molecule has 0 spiro atoms. The summed E-state index contributed by atoms with van der Waals surface area (Å²) in [6, 6.07) is 11.9. The topological polar surface area (TPSA) is 17.1 Å². The highest BCUT2D eigenvalue weighted by molar-refractivity contribution is 9.11. The van der Waals surface area contributed by atoms with Gasteiger partial charge >= 0.3 is 0 Å². The Balaban J connectivity index is 2.48. The van der Waals surface area contributed by atoms with Gasteiger partial charge < -0.3 is 0 Å². The third kappa shape index (κ3) is 1.79. The van der Waals surface area contributed by atoms with Gasteiger partial charge in [0.15, 0.2) is 6.29 Å². The Morgan fingerprint density at radius 2 is 1.93 bits per heavy atom. The number of hydrogen-bond donors (Lipinski definition) is 0. The van der Waals surface area contributed by atoms with Crippen molar-refractivity contribution in [3.05, 3.63) is 45.7 Å². The third-order valence-corrected chi connectivity index (χ3v) is 3.83. The Labute approximate surface area is 94.5 Å². The molecule has 0 unspecified atom stereocenters. The lowest BCUT2D eigenvalue weighted by Crippen LogP contribution is -1.72. The highest BCUT2D eigenvalue weighted by Gasteiger charge is 2.06. The lowest BCUT2D eigenvalue weighted by atomic mass is 10.2. The SMILES string of the molecule is O=Cc1cc(-c2ccccc2)sc1Br. The second-order valence-electron chi connectivity index (χ2n) is 2.82. The Bertz CT molecular complexity index is 448. The van der Waals surface area contributed by atoms with Gasteiger partial charge in [0.2, 0.25) is 0 Å². The molecule has 1 aromatic heterocycles. The minimum atomic E-state index is 0.717. The molecule has 0 saturated heterocycles. The molecule has 1 aromatic carbocycles. The largest absolute Gasteiger partial charge is 0.298 e. The maximum atomic E-state index is 10.6. The maximum Gasteiger partial charge on any atom is 0.152 e. The molecule has 0 radical (unpaired) electrons. The molecule has 2 aromatic rings. The van der Waals surface area contributed by atoms with Crippen LogP contribution in [0.2, 0.25) is 0 Å². The van der Waals surface area contributed by atoms with Gasteiger partial charge in [0, 0.05) is 10.4 Å². The first-order chi connectivity index (χ1) is 6.81. The first-order valence-electron chi connectivity index (χ1n) is 4.11. The van der Waals surface area contributed by atoms with Gasteiger partial charge in [0.25, 0.3) is 0 Å². The molecule has 0 N–H and O–H groups in total. The van der Waals surface area contributed by atoms with Crippen molar-refractivity contribution >= 4 is 33.6 Å². The van der Waals surface area contributed by atoms with Gasteiger partial charge in [-0.15, -0.1) is 11.3 Å². The summed E-state index contributed by atoms with van der Waals surface area (Å²) in [6.45, 7) is 0. The molecule has 0 saturated carbocycles. The fraction of sp³-hybridized carbons (Fsp3) is 0. The predicted molar refractivity (Wildman–Crippen MR) is 62.8 cm³/mol. The summed E-state index contributed by atoms with van der Waals surface area (Å²) < 4.78 is 0.895. The molecule has 0 fully saturated rings. The first-order valence-corrected chi connectivity index (χ1v) is 5.72. The van der Waals surface area contributed by atoms with Crippen molar-refractivity contribution in [3.63, 3.8) is 0 Å². The Morgan fingerprint density at radius 3 is 2.50 bits per heavy atom. The Morgan fingerprint density at radius 1 is 1.21 bits per heavy atom. The van der Waals surface area contributed by atoms with E-state index >= 15 is 0 Å². The molecule has 3 heteroatoms. The molecular formula is C11H7BrOS. The van der Waals surface area contributed by atoms with Crippen LogP contribution in [-0.4, -0.2) is 6.29 Å². The van der Waals surface area contributed by atoms with Crippen LogP contribution in [0.1, 0.15) is 10.4 Å². The minimum absolute atomic E-state index is 0.717. The van der Waals surface area contributed by atoms with Gasteiger partial charge in [-0.1, -0.05) is 30.3 Å². The number of halogens is 1. The van der Waals surface area contributed by atoms with E-state index in [4.69, 9.17) is 0 Å². The number of benzene rings is 1. The van der Waals surface area contributed by atoms with Crippen LogP contribution in [0.5, 0.6) is 0 Å². The maximum absolute atomic E-state index is 10.6. The van der Waals surface area contributed by atoms with E-state index in [-0.39, 0.29) is 0 Å². The van der Waals surface area contributed by atoms with E-state index < -0.39 is 0 Å². The van der Waals surface area contributed by atoms with Crippen LogP contribution in [0.3, 0.4) is 0 Å². The zero-order chi connectivity index (χ0) is 9.97. The van der Waals surface area contributed by atoms with Crippen molar-refractivity contribution in [1.82, 2.24) is 0 Å². The molecule has 0 amide bonds. The number of aldehydes is 1. The van der Waals surface area contributed by atoms with Crippen LogP contribution in [0.15, 0.2) is 40.2 Å². The Kier molecular flexibility index (Phi) is 2.79. The highest BCUT2D eigenvalue weighted by atomic mass is 79.9. The van der Waals surface area contributed by atoms with E-state index in [2.05, 4.69) is 15.9 Å². The van der Waals surface area contributed by atoms with E-state index in [1.54, 1.807) is 11.3 Å². The van der Waals surface area contributed by atoms with E-state index in [1.807, 2.05) is 36.4 Å². The van der Waals surface area contributed by atoms with Crippen LogP contribution in [0.25, 0.3) is 10.4 Å². The summed E-state index contributed by atoms with van der Waals surface area (Å²) in [6.07, 6.45) is 0.868. The highest BCUT2D eigenvalue weighted by Crippen LogP contribution is 2.34. The monoisotopic (exact) mass is 266 g/mol. The number of rotatable bonds is 2. The van der Waals surface area contributed by atoms with Gasteiger partial charge in [0.05, 0.1) is 3.79 Å². The molecule has 1 heterocycles. The van der Waals surface area contributed by atoms with Crippen LogP contribution in [-0.2, 0) is 0 Å². The van der Waals surface area contributed by atoms with Crippen LogP contribution < -0.4 is 0 Å². The first kappa shape index (κ1) is 9.62. The van der Waals surface area contributed by atoms with Crippen molar-refractivity contribution in [2.75, 3.05) is 0 Å². The molecule has 0 atom stereocenters. The van der Waals surface area contributed by atoms with Crippen molar-refractivity contribution in [1.29, 1.82) is 0 Å². The van der Waals surface area contributed by atoms with E-state index in [1.165, 1.54) is 0 Å². The summed E-state index contributed by atoms with van der Waals surface area (Å²) >= 11 is 4.94. The van der Waals surface area contributed by atoms with Gasteiger partial charge in [-0.2, -0.15) is 0 Å². The average Bonchev–Trinajstić information content (AvgIpc) is 2.61. The predicted octanol–water partition coefficient (Wildman–Crippen LogP) is 3.99. The van der Waals surface area contributed by atoms with Crippen molar-refractivity contribution in [2.45, 2.75) is 0 Å². The summed E-state index contributed by atoms with van der Waals surface area (Å²) in [5.74, 6) is 0. The van der Waals surface area contributed by atoms with Gasteiger partial charge in [-0.05, 0) is 27.6 Å². The zero-order valence-electron chi connectivity index (χ0n) is 7.24. The summed E-state index contributed by atoms with van der Waals surface area (Å²) in [5, 5.41) is 0. The van der Waals surface area contributed by atoms with Crippen molar-refractivity contribution < 1.29 is 4.79 Å². The smallest absolute Gasteiger partial charge is 0.152 e. The quantitative estimate of drug-likeness (QED) is 0.752.